The first-order valence-corrected chi connectivity index (χ1v) is 11.7. The van der Waals surface area contributed by atoms with Gasteiger partial charge in [0.1, 0.15) is 5.75 Å². The summed E-state index contributed by atoms with van der Waals surface area (Å²) in [5.41, 5.74) is 4.95. The van der Waals surface area contributed by atoms with Crippen LogP contribution in [0.1, 0.15) is 42.4 Å². The van der Waals surface area contributed by atoms with Crippen LogP contribution in [0.3, 0.4) is 0 Å². The number of piperidine rings is 1. The number of ether oxygens (including phenoxy) is 3. The van der Waals surface area contributed by atoms with Gasteiger partial charge in [0, 0.05) is 38.9 Å². The summed E-state index contributed by atoms with van der Waals surface area (Å²) in [7, 11) is 4.93. The number of methoxy groups -OCH3 is 3. The molecular weight excluding hydrogens is 443 g/mol. The molecule has 4 rings (SSSR count). The molecule has 4 nitrogen and oxygen atoms in total. The standard InChI is InChI=1S/C27H32F3NO3/c1-32-23-10-11-24-20(16-23)4-5-21(17-27(28,29)30)25(24)18-6-8-22(9-7-18)31-14-12-19(13-15-31)26(33-2)34-3/h6-11,16,19,26H,4-5,12-15,17H2,1-3H3. The van der Waals surface area contributed by atoms with Crippen LogP contribution >= 0.6 is 0 Å². The SMILES string of the molecule is COc1ccc2c(c1)CCC(CC(F)(F)F)=C2c1ccc(N2CCC(C(OC)OC)CC2)cc1. The number of fused-ring (bicyclic) bond motifs is 1. The first-order chi connectivity index (χ1) is 16.3. The lowest BCUT2D eigenvalue weighted by molar-refractivity contribution is -0.141. The van der Waals surface area contributed by atoms with Gasteiger partial charge in [-0.05, 0) is 72.2 Å². The lowest BCUT2D eigenvalue weighted by atomic mass is 9.81. The van der Waals surface area contributed by atoms with E-state index in [0.29, 0.717) is 29.9 Å². The van der Waals surface area contributed by atoms with Crippen LogP contribution in [0, 0.1) is 5.92 Å². The largest absolute Gasteiger partial charge is 0.497 e. The molecule has 0 aromatic heterocycles. The number of alkyl halides is 3. The highest BCUT2D eigenvalue weighted by Crippen LogP contribution is 2.42. The van der Waals surface area contributed by atoms with Crippen LogP contribution in [-0.2, 0) is 15.9 Å². The number of rotatable bonds is 7. The van der Waals surface area contributed by atoms with Gasteiger partial charge < -0.3 is 19.1 Å². The predicted molar refractivity (Wildman–Crippen MR) is 127 cm³/mol. The van der Waals surface area contributed by atoms with Gasteiger partial charge in [0.05, 0.1) is 13.5 Å². The van der Waals surface area contributed by atoms with Crippen molar-refractivity contribution in [3.63, 3.8) is 0 Å². The minimum atomic E-state index is -4.24. The second kappa shape index (κ2) is 10.4. The Balaban J connectivity index is 1.59. The Morgan fingerprint density at radius 3 is 2.21 bits per heavy atom. The van der Waals surface area contributed by atoms with E-state index in [0.717, 1.165) is 54.1 Å². The summed E-state index contributed by atoms with van der Waals surface area (Å²) in [6.45, 7) is 1.77. The molecule has 1 fully saturated rings. The molecule has 0 unspecified atom stereocenters. The molecule has 0 N–H and O–H groups in total. The zero-order chi connectivity index (χ0) is 24.3. The molecule has 34 heavy (non-hydrogen) atoms. The van der Waals surface area contributed by atoms with Gasteiger partial charge >= 0.3 is 6.18 Å². The third-order valence-corrected chi connectivity index (χ3v) is 6.96. The maximum Gasteiger partial charge on any atom is 0.392 e. The molecule has 1 aliphatic heterocycles. The second-order valence-electron chi connectivity index (χ2n) is 9.00. The van der Waals surface area contributed by atoms with Crippen molar-refractivity contribution in [1.29, 1.82) is 0 Å². The zero-order valence-corrected chi connectivity index (χ0v) is 20.0. The molecule has 0 amide bonds. The van der Waals surface area contributed by atoms with E-state index < -0.39 is 12.6 Å². The van der Waals surface area contributed by atoms with Crippen molar-refractivity contribution in [2.24, 2.45) is 5.92 Å². The Bertz CT molecular complexity index is 1000. The van der Waals surface area contributed by atoms with E-state index >= 15 is 0 Å². The molecule has 1 aliphatic carbocycles. The van der Waals surface area contributed by atoms with Crippen LogP contribution in [0.4, 0.5) is 18.9 Å². The van der Waals surface area contributed by atoms with Crippen LogP contribution in [0.25, 0.3) is 5.57 Å². The molecule has 184 valence electrons. The van der Waals surface area contributed by atoms with Crippen molar-refractivity contribution < 1.29 is 27.4 Å². The Labute approximate surface area is 199 Å². The number of allylic oxidation sites excluding steroid dienone is 1. The minimum absolute atomic E-state index is 0.187. The van der Waals surface area contributed by atoms with Crippen LogP contribution in [0.5, 0.6) is 5.75 Å². The van der Waals surface area contributed by atoms with Gasteiger partial charge in [-0.2, -0.15) is 13.2 Å². The summed E-state index contributed by atoms with van der Waals surface area (Å²) >= 11 is 0. The van der Waals surface area contributed by atoms with Gasteiger partial charge in [-0.15, -0.1) is 0 Å². The molecule has 2 aliphatic rings. The van der Waals surface area contributed by atoms with Crippen LogP contribution in [0.15, 0.2) is 48.0 Å². The summed E-state index contributed by atoms with van der Waals surface area (Å²) in [4.78, 5) is 2.31. The smallest absolute Gasteiger partial charge is 0.392 e. The first kappa shape index (κ1) is 24.6. The van der Waals surface area contributed by atoms with E-state index in [4.69, 9.17) is 14.2 Å². The molecular formula is C27H32F3NO3. The van der Waals surface area contributed by atoms with Crippen molar-refractivity contribution >= 4 is 11.3 Å². The highest BCUT2D eigenvalue weighted by atomic mass is 19.4. The number of anilines is 1. The van der Waals surface area contributed by atoms with Crippen molar-refractivity contribution in [3.8, 4) is 5.75 Å². The third-order valence-electron chi connectivity index (χ3n) is 6.96. The zero-order valence-electron chi connectivity index (χ0n) is 20.0. The van der Waals surface area contributed by atoms with Crippen molar-refractivity contribution in [2.75, 3.05) is 39.3 Å². The summed E-state index contributed by atoms with van der Waals surface area (Å²) < 4.78 is 56.3. The number of benzene rings is 2. The fourth-order valence-corrected chi connectivity index (χ4v) is 5.28. The topological polar surface area (TPSA) is 30.9 Å². The fourth-order valence-electron chi connectivity index (χ4n) is 5.28. The van der Waals surface area contributed by atoms with E-state index in [9.17, 15) is 13.2 Å². The molecule has 0 radical (unpaired) electrons. The maximum absolute atomic E-state index is 13.4. The molecule has 2 aromatic rings. The monoisotopic (exact) mass is 475 g/mol. The second-order valence-corrected chi connectivity index (χ2v) is 9.00. The van der Waals surface area contributed by atoms with E-state index in [1.807, 2.05) is 42.5 Å². The first-order valence-electron chi connectivity index (χ1n) is 11.7. The van der Waals surface area contributed by atoms with E-state index in [2.05, 4.69) is 4.90 Å². The summed E-state index contributed by atoms with van der Waals surface area (Å²) in [5, 5.41) is 0. The number of nitrogens with zero attached hydrogens (tertiary/aromatic N) is 1. The normalized spacial score (nSPS) is 17.3. The van der Waals surface area contributed by atoms with Crippen LogP contribution in [-0.4, -0.2) is 46.9 Å². The molecule has 2 aromatic carbocycles. The van der Waals surface area contributed by atoms with Gasteiger partial charge in [0.25, 0.3) is 0 Å². The molecule has 1 saturated heterocycles. The van der Waals surface area contributed by atoms with Gasteiger partial charge in [-0.1, -0.05) is 23.8 Å². The molecule has 1 heterocycles. The minimum Gasteiger partial charge on any atom is -0.497 e. The molecule has 0 spiro atoms. The van der Waals surface area contributed by atoms with Gasteiger partial charge in [-0.25, -0.2) is 0 Å². The third kappa shape index (κ3) is 5.41. The van der Waals surface area contributed by atoms with Crippen LogP contribution in [0.2, 0.25) is 0 Å². The number of hydrogen-bond donors (Lipinski definition) is 0. The highest BCUT2D eigenvalue weighted by Gasteiger charge is 2.33. The van der Waals surface area contributed by atoms with E-state index in [1.54, 1.807) is 21.3 Å². The predicted octanol–water partition coefficient (Wildman–Crippen LogP) is 6.23. The Hall–Kier alpha value is -2.51. The average Bonchev–Trinajstić information content (AvgIpc) is 2.84. The van der Waals surface area contributed by atoms with Gasteiger partial charge in [0.2, 0.25) is 0 Å². The average molecular weight is 476 g/mol. The Morgan fingerprint density at radius 1 is 0.941 bits per heavy atom. The number of hydrogen-bond acceptors (Lipinski definition) is 4. The summed E-state index contributed by atoms with van der Waals surface area (Å²) in [6.07, 6.45) is -2.41. The fraction of sp³-hybridized carbons (Fsp3) is 0.481. The van der Waals surface area contributed by atoms with Gasteiger partial charge in [-0.3, -0.25) is 0 Å². The lowest BCUT2D eigenvalue weighted by Crippen LogP contribution is -2.39. The van der Waals surface area contributed by atoms with E-state index in [1.165, 1.54) is 0 Å². The molecule has 7 heteroatoms. The quantitative estimate of drug-likeness (QED) is 0.444. The summed E-state index contributed by atoms with van der Waals surface area (Å²) in [5.74, 6) is 1.08. The molecule has 0 bridgehead atoms. The Kier molecular flexibility index (Phi) is 7.53. The molecule has 0 saturated carbocycles. The van der Waals surface area contributed by atoms with Crippen LogP contribution < -0.4 is 9.64 Å². The molecule has 0 atom stereocenters. The van der Waals surface area contributed by atoms with Crippen molar-refractivity contribution in [3.05, 3.63) is 64.7 Å². The van der Waals surface area contributed by atoms with Crippen molar-refractivity contribution in [2.45, 2.75) is 44.6 Å². The highest BCUT2D eigenvalue weighted by molar-refractivity contribution is 5.85. The number of halogens is 3. The lowest BCUT2D eigenvalue weighted by Gasteiger charge is -2.36. The summed E-state index contributed by atoms with van der Waals surface area (Å²) in [6, 6.07) is 13.6. The van der Waals surface area contributed by atoms with Crippen molar-refractivity contribution in [1.82, 2.24) is 0 Å². The van der Waals surface area contributed by atoms with E-state index in [-0.39, 0.29) is 6.29 Å². The maximum atomic E-state index is 13.4. The van der Waals surface area contributed by atoms with Gasteiger partial charge in [0.15, 0.2) is 6.29 Å². The Morgan fingerprint density at radius 2 is 1.62 bits per heavy atom. The number of aryl methyl sites for hydroxylation is 1.